The molecule has 0 radical (unpaired) electrons. The number of H-pyrrole nitrogens is 1. The Hall–Kier alpha value is -3.15. The van der Waals surface area contributed by atoms with Crippen LogP contribution >= 0.6 is 0 Å². The van der Waals surface area contributed by atoms with E-state index >= 15 is 0 Å². The third-order valence-corrected chi connectivity index (χ3v) is 3.29. The lowest BCUT2D eigenvalue weighted by Gasteiger charge is -2.02. The first-order valence-corrected chi connectivity index (χ1v) is 6.17. The number of nitrogens with zero attached hydrogens (tertiary/aromatic N) is 1. The third kappa shape index (κ3) is 2.12. The lowest BCUT2D eigenvalue weighted by atomic mass is 10.0. The Balaban J connectivity index is 2.25. The van der Waals surface area contributed by atoms with Gasteiger partial charge in [0.15, 0.2) is 0 Å². The second-order valence-electron chi connectivity index (χ2n) is 4.53. The van der Waals surface area contributed by atoms with E-state index in [1.165, 1.54) is 12.1 Å². The van der Waals surface area contributed by atoms with Gasteiger partial charge in [0.25, 0.3) is 5.69 Å². The Morgan fingerprint density at radius 2 is 1.76 bits per heavy atom. The molecule has 21 heavy (non-hydrogen) atoms. The van der Waals surface area contributed by atoms with Crippen molar-refractivity contribution in [3.8, 4) is 11.1 Å². The number of nitrogens with one attached hydrogen (secondary N) is 1. The third-order valence-electron chi connectivity index (χ3n) is 3.29. The SMILES string of the molecule is O=C(O)c1[nH]c2ccccc2c1-c1ccc([N+](=O)[O-])cc1. The summed E-state index contributed by atoms with van der Waals surface area (Å²) < 4.78 is 0. The second kappa shape index (κ2) is 4.75. The van der Waals surface area contributed by atoms with E-state index in [0.29, 0.717) is 16.6 Å². The summed E-state index contributed by atoms with van der Waals surface area (Å²) in [5.41, 5.74) is 1.91. The molecule has 6 nitrogen and oxygen atoms in total. The Bertz CT molecular complexity index is 850. The van der Waals surface area contributed by atoms with Gasteiger partial charge in [0, 0.05) is 28.6 Å². The Morgan fingerprint density at radius 1 is 1.10 bits per heavy atom. The number of hydrogen-bond acceptors (Lipinski definition) is 3. The maximum atomic E-state index is 11.4. The summed E-state index contributed by atoms with van der Waals surface area (Å²) in [6.45, 7) is 0. The van der Waals surface area contributed by atoms with E-state index < -0.39 is 10.9 Å². The van der Waals surface area contributed by atoms with Gasteiger partial charge < -0.3 is 10.1 Å². The number of aromatic nitrogens is 1. The molecule has 0 aliphatic heterocycles. The van der Waals surface area contributed by atoms with Crippen LogP contribution in [0.2, 0.25) is 0 Å². The molecular formula is C15H10N2O4. The van der Waals surface area contributed by atoms with Crippen LogP contribution < -0.4 is 0 Å². The first-order valence-electron chi connectivity index (χ1n) is 6.17. The molecule has 6 heteroatoms. The van der Waals surface area contributed by atoms with Gasteiger partial charge in [-0.3, -0.25) is 10.1 Å². The Morgan fingerprint density at radius 3 is 2.38 bits per heavy atom. The number of aromatic amines is 1. The van der Waals surface area contributed by atoms with Crippen LogP contribution in [-0.4, -0.2) is 21.0 Å². The molecule has 0 aliphatic carbocycles. The molecule has 0 aliphatic rings. The second-order valence-corrected chi connectivity index (χ2v) is 4.53. The number of benzene rings is 2. The summed E-state index contributed by atoms with van der Waals surface area (Å²) >= 11 is 0. The molecule has 3 aromatic rings. The number of carboxylic acids is 1. The average Bonchev–Trinajstić information content (AvgIpc) is 2.87. The summed E-state index contributed by atoms with van der Waals surface area (Å²) in [5.74, 6) is -1.07. The minimum Gasteiger partial charge on any atom is -0.477 e. The number of nitro benzene ring substituents is 1. The quantitative estimate of drug-likeness (QED) is 0.568. The van der Waals surface area contributed by atoms with E-state index in [4.69, 9.17) is 0 Å². The summed E-state index contributed by atoms with van der Waals surface area (Å²) in [6, 6.07) is 13.1. The highest BCUT2D eigenvalue weighted by molar-refractivity contribution is 6.07. The van der Waals surface area contributed by atoms with Crippen molar-refractivity contribution in [1.82, 2.24) is 4.98 Å². The van der Waals surface area contributed by atoms with Crippen LogP contribution in [0.25, 0.3) is 22.0 Å². The predicted molar refractivity (Wildman–Crippen MR) is 77.3 cm³/mol. The first-order chi connectivity index (χ1) is 10.1. The molecule has 104 valence electrons. The maximum absolute atomic E-state index is 11.4. The van der Waals surface area contributed by atoms with Crippen LogP contribution in [0.5, 0.6) is 0 Å². The summed E-state index contributed by atoms with van der Waals surface area (Å²) in [6.07, 6.45) is 0. The standard InChI is InChI=1S/C15H10N2O4/c18-15(19)14-13(11-3-1-2-4-12(11)16-14)9-5-7-10(8-6-9)17(20)21/h1-8,16H,(H,18,19). The van der Waals surface area contributed by atoms with Gasteiger partial charge in [-0.15, -0.1) is 0 Å². The van der Waals surface area contributed by atoms with Crippen LogP contribution in [0.15, 0.2) is 48.5 Å². The van der Waals surface area contributed by atoms with Crippen molar-refractivity contribution < 1.29 is 14.8 Å². The Kier molecular flexibility index (Phi) is 2.91. The first kappa shape index (κ1) is 12.9. The molecule has 2 N–H and O–H groups in total. The van der Waals surface area contributed by atoms with Crippen LogP contribution in [-0.2, 0) is 0 Å². The van der Waals surface area contributed by atoms with Crippen molar-refractivity contribution in [2.45, 2.75) is 0 Å². The number of non-ortho nitro benzene ring substituents is 1. The molecule has 0 saturated carbocycles. The molecule has 2 aromatic carbocycles. The number of hydrogen-bond donors (Lipinski definition) is 2. The van der Waals surface area contributed by atoms with Gasteiger partial charge in [0.1, 0.15) is 5.69 Å². The van der Waals surface area contributed by atoms with E-state index in [9.17, 15) is 20.0 Å². The van der Waals surface area contributed by atoms with Gasteiger partial charge in [0.2, 0.25) is 0 Å². The molecule has 0 bridgehead atoms. The van der Waals surface area contributed by atoms with Crippen molar-refractivity contribution in [2.75, 3.05) is 0 Å². The molecule has 0 fully saturated rings. The number of nitro groups is 1. The van der Waals surface area contributed by atoms with E-state index in [2.05, 4.69) is 4.98 Å². The molecule has 0 atom stereocenters. The summed E-state index contributed by atoms with van der Waals surface area (Å²) in [4.78, 5) is 24.5. The minimum atomic E-state index is -1.07. The van der Waals surface area contributed by atoms with Crippen LogP contribution in [0.1, 0.15) is 10.5 Å². The monoisotopic (exact) mass is 282 g/mol. The number of carboxylic acid groups (broad SMARTS) is 1. The molecule has 3 rings (SSSR count). The maximum Gasteiger partial charge on any atom is 0.352 e. The van der Waals surface area contributed by atoms with Crippen molar-refractivity contribution in [2.24, 2.45) is 0 Å². The van der Waals surface area contributed by atoms with E-state index in [-0.39, 0.29) is 11.4 Å². The topological polar surface area (TPSA) is 96.2 Å². The number of para-hydroxylation sites is 1. The number of aromatic carboxylic acids is 1. The highest BCUT2D eigenvalue weighted by Gasteiger charge is 2.18. The molecule has 1 heterocycles. The van der Waals surface area contributed by atoms with Crippen LogP contribution in [0, 0.1) is 10.1 Å². The van der Waals surface area contributed by atoms with Gasteiger partial charge in [-0.25, -0.2) is 4.79 Å². The average molecular weight is 282 g/mol. The molecule has 0 amide bonds. The zero-order chi connectivity index (χ0) is 15.0. The highest BCUT2D eigenvalue weighted by atomic mass is 16.6. The van der Waals surface area contributed by atoms with Crippen molar-refractivity contribution >= 4 is 22.6 Å². The normalized spacial score (nSPS) is 10.7. The fourth-order valence-electron chi connectivity index (χ4n) is 2.35. The van der Waals surface area contributed by atoms with Crippen molar-refractivity contribution in [3.63, 3.8) is 0 Å². The zero-order valence-corrected chi connectivity index (χ0v) is 10.7. The lowest BCUT2D eigenvalue weighted by molar-refractivity contribution is -0.384. The molecular weight excluding hydrogens is 272 g/mol. The van der Waals surface area contributed by atoms with Crippen molar-refractivity contribution in [3.05, 3.63) is 64.3 Å². The zero-order valence-electron chi connectivity index (χ0n) is 10.7. The van der Waals surface area contributed by atoms with E-state index in [1.807, 2.05) is 18.2 Å². The lowest BCUT2D eigenvalue weighted by Crippen LogP contribution is -1.98. The van der Waals surface area contributed by atoms with Gasteiger partial charge in [-0.2, -0.15) is 0 Å². The van der Waals surface area contributed by atoms with E-state index in [0.717, 1.165) is 5.39 Å². The van der Waals surface area contributed by atoms with Gasteiger partial charge >= 0.3 is 5.97 Å². The minimum absolute atomic E-state index is 0.0320. The van der Waals surface area contributed by atoms with Crippen molar-refractivity contribution in [1.29, 1.82) is 0 Å². The molecule has 1 aromatic heterocycles. The number of fused-ring (bicyclic) bond motifs is 1. The van der Waals surface area contributed by atoms with Crippen LogP contribution in [0.3, 0.4) is 0 Å². The Labute approximate surface area is 118 Å². The predicted octanol–water partition coefficient (Wildman–Crippen LogP) is 3.44. The van der Waals surface area contributed by atoms with E-state index in [1.54, 1.807) is 18.2 Å². The smallest absolute Gasteiger partial charge is 0.352 e. The fourth-order valence-corrected chi connectivity index (χ4v) is 2.35. The summed E-state index contributed by atoms with van der Waals surface area (Å²) in [7, 11) is 0. The molecule has 0 saturated heterocycles. The summed E-state index contributed by atoms with van der Waals surface area (Å²) in [5, 5.41) is 20.8. The fraction of sp³-hybridized carbons (Fsp3) is 0. The van der Waals surface area contributed by atoms with Gasteiger partial charge in [-0.1, -0.05) is 18.2 Å². The van der Waals surface area contributed by atoms with Gasteiger partial charge in [0.05, 0.1) is 4.92 Å². The molecule has 0 spiro atoms. The molecule has 0 unspecified atom stereocenters. The number of carbonyl (C=O) groups is 1. The van der Waals surface area contributed by atoms with Crippen LogP contribution in [0.4, 0.5) is 5.69 Å². The largest absolute Gasteiger partial charge is 0.477 e. The van der Waals surface area contributed by atoms with Gasteiger partial charge in [-0.05, 0) is 23.8 Å². The number of rotatable bonds is 3. The highest BCUT2D eigenvalue weighted by Crippen LogP contribution is 2.33.